The average Bonchev–Trinajstić information content (AvgIpc) is 2.38. The summed E-state index contributed by atoms with van der Waals surface area (Å²) >= 11 is 5.46. The lowest BCUT2D eigenvalue weighted by atomic mass is 10.1. The van der Waals surface area contributed by atoms with Gasteiger partial charge in [-0.05, 0) is 44.2 Å². The van der Waals surface area contributed by atoms with Crippen LogP contribution >= 0.6 is 27.7 Å². The molecular formula is C17H20BrNS. The van der Waals surface area contributed by atoms with Crippen molar-refractivity contribution in [2.75, 3.05) is 7.05 Å². The minimum Gasteiger partial charge on any atom is -0.316 e. The summed E-state index contributed by atoms with van der Waals surface area (Å²) < 4.78 is 1.14. The maximum absolute atomic E-state index is 3.56. The van der Waals surface area contributed by atoms with E-state index in [-0.39, 0.29) is 0 Å². The summed E-state index contributed by atoms with van der Waals surface area (Å²) in [6, 6.07) is 13.3. The minimum atomic E-state index is 0.905. The number of benzene rings is 2. The van der Waals surface area contributed by atoms with E-state index in [4.69, 9.17) is 0 Å². The second-order valence-corrected chi connectivity index (χ2v) is 7.00. The zero-order valence-electron chi connectivity index (χ0n) is 12.2. The van der Waals surface area contributed by atoms with Gasteiger partial charge in [-0.2, -0.15) is 0 Å². The monoisotopic (exact) mass is 349 g/mol. The van der Waals surface area contributed by atoms with Crippen molar-refractivity contribution in [3.63, 3.8) is 0 Å². The van der Waals surface area contributed by atoms with Gasteiger partial charge in [0.05, 0.1) is 0 Å². The van der Waals surface area contributed by atoms with Crippen LogP contribution in [0.4, 0.5) is 0 Å². The Hall–Kier alpha value is -0.770. The van der Waals surface area contributed by atoms with Crippen molar-refractivity contribution in [3.8, 4) is 0 Å². The molecule has 0 aliphatic rings. The van der Waals surface area contributed by atoms with Crippen molar-refractivity contribution in [1.29, 1.82) is 0 Å². The first-order valence-corrected chi connectivity index (χ1v) is 8.49. The van der Waals surface area contributed by atoms with Crippen LogP contribution in [0.1, 0.15) is 22.3 Å². The summed E-state index contributed by atoms with van der Waals surface area (Å²) in [7, 11) is 1.99. The van der Waals surface area contributed by atoms with Crippen LogP contribution in [-0.2, 0) is 12.3 Å². The van der Waals surface area contributed by atoms with E-state index in [1.807, 2.05) is 18.8 Å². The lowest BCUT2D eigenvalue weighted by Crippen LogP contribution is -2.06. The summed E-state index contributed by atoms with van der Waals surface area (Å²) in [4.78, 5) is 1.34. The smallest absolute Gasteiger partial charge is 0.0232 e. The van der Waals surface area contributed by atoms with Gasteiger partial charge in [0.25, 0.3) is 0 Å². The van der Waals surface area contributed by atoms with Crippen LogP contribution in [0.2, 0.25) is 0 Å². The van der Waals surface area contributed by atoms with Crippen LogP contribution in [0, 0.1) is 13.8 Å². The third-order valence-corrected chi connectivity index (χ3v) is 4.73. The second-order valence-electron chi connectivity index (χ2n) is 5.07. The summed E-state index contributed by atoms with van der Waals surface area (Å²) in [5.74, 6) is 1.01. The molecule has 0 heterocycles. The SMILES string of the molecule is CNCc1ccc(Br)cc1SCc1cc(C)cc(C)c1. The van der Waals surface area contributed by atoms with E-state index in [9.17, 15) is 0 Å². The number of aryl methyl sites for hydroxylation is 2. The molecule has 0 radical (unpaired) electrons. The van der Waals surface area contributed by atoms with Crippen LogP contribution < -0.4 is 5.32 Å². The van der Waals surface area contributed by atoms with Gasteiger partial charge in [-0.25, -0.2) is 0 Å². The highest BCUT2D eigenvalue weighted by Gasteiger charge is 2.05. The standard InChI is InChI=1S/C17H20BrNS/c1-12-6-13(2)8-14(7-12)11-20-17-9-16(18)5-4-15(17)10-19-3/h4-9,19H,10-11H2,1-3H3. The van der Waals surface area contributed by atoms with Crippen molar-refractivity contribution in [1.82, 2.24) is 5.32 Å². The normalized spacial score (nSPS) is 10.8. The van der Waals surface area contributed by atoms with Crippen molar-refractivity contribution >= 4 is 27.7 Å². The summed E-state index contributed by atoms with van der Waals surface area (Å²) in [6.07, 6.45) is 0. The first-order chi connectivity index (χ1) is 9.58. The molecule has 0 atom stereocenters. The second kappa shape index (κ2) is 7.30. The van der Waals surface area contributed by atoms with Gasteiger partial charge < -0.3 is 5.32 Å². The van der Waals surface area contributed by atoms with Crippen LogP contribution in [0.5, 0.6) is 0 Å². The summed E-state index contributed by atoms with van der Waals surface area (Å²) in [6.45, 7) is 5.22. The number of hydrogen-bond acceptors (Lipinski definition) is 2. The lowest BCUT2D eigenvalue weighted by molar-refractivity contribution is 0.803. The molecule has 1 nitrogen and oxygen atoms in total. The quantitative estimate of drug-likeness (QED) is 0.755. The van der Waals surface area contributed by atoms with Crippen molar-refractivity contribution in [2.24, 2.45) is 0 Å². The van der Waals surface area contributed by atoms with Gasteiger partial charge >= 0.3 is 0 Å². The van der Waals surface area contributed by atoms with Gasteiger partial charge in [0.2, 0.25) is 0 Å². The average molecular weight is 350 g/mol. The first kappa shape index (κ1) is 15.6. The molecule has 0 bridgehead atoms. The molecule has 1 N–H and O–H groups in total. The Morgan fingerprint density at radius 1 is 1.05 bits per heavy atom. The minimum absolute atomic E-state index is 0.905. The van der Waals surface area contributed by atoms with Gasteiger partial charge in [0, 0.05) is 21.7 Å². The molecule has 106 valence electrons. The maximum atomic E-state index is 3.56. The maximum Gasteiger partial charge on any atom is 0.0232 e. The molecule has 20 heavy (non-hydrogen) atoms. The molecule has 0 aliphatic heterocycles. The van der Waals surface area contributed by atoms with Gasteiger partial charge in [-0.1, -0.05) is 51.3 Å². The van der Waals surface area contributed by atoms with Gasteiger partial charge in [0.1, 0.15) is 0 Å². The lowest BCUT2D eigenvalue weighted by Gasteiger charge is -2.10. The molecule has 0 spiro atoms. The fraction of sp³-hybridized carbons (Fsp3) is 0.294. The molecule has 2 aromatic carbocycles. The van der Waals surface area contributed by atoms with Crippen LogP contribution in [0.25, 0.3) is 0 Å². The predicted octanol–water partition coefficient (Wildman–Crippen LogP) is 5.08. The Bertz CT molecular complexity index is 575. The molecule has 0 aliphatic carbocycles. The van der Waals surface area contributed by atoms with Crippen LogP contribution in [0.3, 0.4) is 0 Å². The van der Waals surface area contributed by atoms with E-state index in [0.29, 0.717) is 0 Å². The molecular weight excluding hydrogens is 330 g/mol. The number of thioether (sulfide) groups is 1. The fourth-order valence-electron chi connectivity index (χ4n) is 2.31. The number of halogens is 1. The van der Waals surface area contributed by atoms with E-state index in [0.717, 1.165) is 16.8 Å². The largest absolute Gasteiger partial charge is 0.316 e. The molecule has 3 heteroatoms. The van der Waals surface area contributed by atoms with Gasteiger partial charge in [-0.3, -0.25) is 0 Å². The predicted molar refractivity (Wildman–Crippen MR) is 92.4 cm³/mol. The highest BCUT2D eigenvalue weighted by Crippen LogP contribution is 2.29. The molecule has 0 saturated heterocycles. The molecule has 0 amide bonds. The third-order valence-electron chi connectivity index (χ3n) is 3.07. The molecule has 2 aromatic rings. The summed E-state index contributed by atoms with van der Waals surface area (Å²) in [5, 5.41) is 3.23. The molecule has 0 fully saturated rings. The Labute approximate surface area is 134 Å². The van der Waals surface area contributed by atoms with E-state index < -0.39 is 0 Å². The van der Waals surface area contributed by atoms with E-state index in [1.54, 1.807) is 0 Å². The summed E-state index contributed by atoms with van der Waals surface area (Å²) in [5.41, 5.74) is 5.42. The molecule has 0 unspecified atom stereocenters. The number of rotatable bonds is 5. The van der Waals surface area contributed by atoms with Gasteiger partial charge in [-0.15, -0.1) is 11.8 Å². The highest BCUT2D eigenvalue weighted by atomic mass is 79.9. The van der Waals surface area contributed by atoms with E-state index in [1.165, 1.54) is 27.1 Å². The number of nitrogens with one attached hydrogen (secondary N) is 1. The third kappa shape index (κ3) is 4.37. The fourth-order valence-corrected chi connectivity index (χ4v) is 3.85. The van der Waals surface area contributed by atoms with E-state index in [2.05, 4.69) is 71.5 Å². The molecule has 0 aromatic heterocycles. The Morgan fingerprint density at radius 2 is 1.75 bits per heavy atom. The zero-order chi connectivity index (χ0) is 14.5. The van der Waals surface area contributed by atoms with Crippen LogP contribution in [0.15, 0.2) is 45.8 Å². The Morgan fingerprint density at radius 3 is 2.40 bits per heavy atom. The first-order valence-electron chi connectivity index (χ1n) is 6.71. The Kier molecular flexibility index (Phi) is 5.70. The van der Waals surface area contributed by atoms with Crippen LogP contribution in [-0.4, -0.2) is 7.05 Å². The van der Waals surface area contributed by atoms with Gasteiger partial charge in [0.15, 0.2) is 0 Å². The highest BCUT2D eigenvalue weighted by molar-refractivity contribution is 9.10. The molecule has 0 saturated carbocycles. The van der Waals surface area contributed by atoms with Crippen molar-refractivity contribution < 1.29 is 0 Å². The Balaban J connectivity index is 2.15. The van der Waals surface area contributed by atoms with E-state index >= 15 is 0 Å². The van der Waals surface area contributed by atoms with Crippen molar-refractivity contribution in [3.05, 3.63) is 63.1 Å². The number of hydrogen-bond donors (Lipinski definition) is 1. The topological polar surface area (TPSA) is 12.0 Å². The van der Waals surface area contributed by atoms with Crippen molar-refractivity contribution in [2.45, 2.75) is 31.0 Å². The zero-order valence-corrected chi connectivity index (χ0v) is 14.6. The molecule has 2 rings (SSSR count).